The Kier molecular flexibility index (Phi) is 4.71. The second-order valence-electron chi connectivity index (χ2n) is 6.14. The Bertz CT molecular complexity index is 716. The number of halogens is 1. The van der Waals surface area contributed by atoms with Crippen LogP contribution in [0, 0.1) is 6.92 Å². The van der Waals surface area contributed by atoms with Gasteiger partial charge in [0.1, 0.15) is 0 Å². The summed E-state index contributed by atoms with van der Waals surface area (Å²) in [5, 5.41) is 0. The summed E-state index contributed by atoms with van der Waals surface area (Å²) >= 11 is 3.43. The molecule has 0 unspecified atom stereocenters. The van der Waals surface area contributed by atoms with E-state index in [0.29, 0.717) is 6.04 Å². The Hall–Kier alpha value is -1.81. The number of amides is 1. The van der Waals surface area contributed by atoms with Gasteiger partial charge in [0.2, 0.25) is 0 Å². The van der Waals surface area contributed by atoms with E-state index in [1.54, 1.807) is 0 Å². The number of piperazine rings is 1. The highest BCUT2D eigenvalue weighted by Crippen LogP contribution is 2.23. The highest BCUT2D eigenvalue weighted by molar-refractivity contribution is 9.10. The molecule has 3 rings (SSSR count). The molecule has 1 saturated heterocycles. The number of hydrogen-bond donors (Lipinski definition) is 0. The Morgan fingerprint density at radius 1 is 1.13 bits per heavy atom. The molecule has 1 heterocycles. The minimum atomic E-state index is 0.113. The maximum atomic E-state index is 12.7. The molecule has 1 atom stereocenters. The fraction of sp³-hybridized carbons (Fsp3) is 0.316. The Morgan fingerprint density at radius 2 is 1.91 bits per heavy atom. The molecule has 0 saturated carbocycles. The van der Waals surface area contributed by atoms with Crippen LogP contribution >= 0.6 is 15.9 Å². The fourth-order valence-corrected chi connectivity index (χ4v) is 3.54. The summed E-state index contributed by atoms with van der Waals surface area (Å²) < 4.78 is 0.940. The van der Waals surface area contributed by atoms with Crippen molar-refractivity contribution >= 4 is 27.5 Å². The maximum Gasteiger partial charge on any atom is 0.254 e. The molecule has 1 aliphatic rings. The number of benzene rings is 2. The minimum absolute atomic E-state index is 0.113. The number of nitrogens with zero attached hydrogens (tertiary/aromatic N) is 2. The quantitative estimate of drug-likeness (QED) is 0.791. The second-order valence-corrected chi connectivity index (χ2v) is 7.06. The smallest absolute Gasteiger partial charge is 0.254 e. The average Bonchev–Trinajstić information content (AvgIpc) is 2.54. The summed E-state index contributed by atoms with van der Waals surface area (Å²) in [5.74, 6) is 0.113. The number of anilines is 1. The summed E-state index contributed by atoms with van der Waals surface area (Å²) in [4.78, 5) is 17.0. The van der Waals surface area contributed by atoms with Gasteiger partial charge in [-0.25, -0.2) is 0 Å². The molecule has 0 bridgehead atoms. The molecule has 2 aromatic carbocycles. The SMILES string of the molecule is Cc1cccc(N2CCN(C(=O)c3cccc(Br)c3)C[C@@H]2C)c1. The largest absolute Gasteiger partial charge is 0.365 e. The molecule has 4 heteroatoms. The molecule has 23 heavy (non-hydrogen) atoms. The van der Waals surface area contributed by atoms with Gasteiger partial charge in [-0.2, -0.15) is 0 Å². The molecular formula is C19H21BrN2O. The Labute approximate surface area is 146 Å². The van der Waals surface area contributed by atoms with Crippen LogP contribution in [0.25, 0.3) is 0 Å². The fourth-order valence-electron chi connectivity index (χ4n) is 3.14. The van der Waals surface area contributed by atoms with Crippen LogP contribution < -0.4 is 4.90 Å². The van der Waals surface area contributed by atoms with Crippen LogP contribution in [0.3, 0.4) is 0 Å². The van der Waals surface area contributed by atoms with Gasteiger partial charge < -0.3 is 9.80 Å². The van der Waals surface area contributed by atoms with Crippen molar-refractivity contribution < 1.29 is 4.79 Å². The Balaban J connectivity index is 1.72. The number of carbonyl (C=O) groups excluding carboxylic acids is 1. The summed E-state index contributed by atoms with van der Waals surface area (Å²) in [7, 11) is 0. The number of hydrogen-bond acceptors (Lipinski definition) is 2. The molecule has 0 spiro atoms. The summed E-state index contributed by atoms with van der Waals surface area (Å²) in [6.07, 6.45) is 0. The molecule has 1 amide bonds. The zero-order valence-electron chi connectivity index (χ0n) is 13.5. The molecule has 0 N–H and O–H groups in total. The van der Waals surface area contributed by atoms with E-state index in [2.05, 4.69) is 58.9 Å². The van der Waals surface area contributed by atoms with Crippen molar-refractivity contribution in [2.45, 2.75) is 19.9 Å². The molecule has 2 aromatic rings. The highest BCUT2D eigenvalue weighted by atomic mass is 79.9. The lowest BCUT2D eigenvalue weighted by atomic mass is 10.1. The van der Waals surface area contributed by atoms with Gasteiger partial charge in [0, 0.05) is 41.4 Å². The van der Waals surface area contributed by atoms with Crippen LogP contribution in [-0.4, -0.2) is 36.5 Å². The number of aryl methyl sites for hydroxylation is 1. The average molecular weight is 373 g/mol. The predicted molar refractivity (Wildman–Crippen MR) is 98.0 cm³/mol. The number of carbonyl (C=O) groups is 1. The predicted octanol–water partition coefficient (Wildman–Crippen LogP) is 4.11. The molecule has 0 aromatic heterocycles. The molecular weight excluding hydrogens is 352 g/mol. The lowest BCUT2D eigenvalue weighted by Crippen LogP contribution is -2.53. The first-order valence-corrected chi connectivity index (χ1v) is 8.72. The normalized spacial score (nSPS) is 18.1. The van der Waals surface area contributed by atoms with Crippen LogP contribution in [0.1, 0.15) is 22.8 Å². The third kappa shape index (κ3) is 3.58. The first kappa shape index (κ1) is 16.1. The van der Waals surface area contributed by atoms with Gasteiger partial charge in [0.05, 0.1) is 0 Å². The van der Waals surface area contributed by atoms with Crippen molar-refractivity contribution in [3.8, 4) is 0 Å². The molecule has 3 nitrogen and oxygen atoms in total. The zero-order chi connectivity index (χ0) is 16.4. The van der Waals surface area contributed by atoms with Gasteiger partial charge in [-0.1, -0.05) is 34.1 Å². The van der Waals surface area contributed by atoms with E-state index in [1.807, 2.05) is 29.2 Å². The van der Waals surface area contributed by atoms with Crippen LogP contribution in [0.4, 0.5) is 5.69 Å². The lowest BCUT2D eigenvalue weighted by Gasteiger charge is -2.41. The lowest BCUT2D eigenvalue weighted by molar-refractivity contribution is 0.0726. The third-order valence-electron chi connectivity index (χ3n) is 4.32. The van der Waals surface area contributed by atoms with Gasteiger partial charge in [0.15, 0.2) is 0 Å². The summed E-state index contributed by atoms with van der Waals surface area (Å²) in [5.41, 5.74) is 3.25. The standard InChI is InChI=1S/C19H21BrN2O/c1-14-5-3-8-18(11-14)22-10-9-21(13-15(22)2)19(23)16-6-4-7-17(20)12-16/h3-8,11-12,15H,9-10,13H2,1-2H3/t15-/m0/s1. The van der Waals surface area contributed by atoms with E-state index < -0.39 is 0 Å². The zero-order valence-corrected chi connectivity index (χ0v) is 15.1. The van der Waals surface area contributed by atoms with Crippen molar-refractivity contribution in [3.63, 3.8) is 0 Å². The van der Waals surface area contributed by atoms with E-state index >= 15 is 0 Å². The molecule has 0 aliphatic carbocycles. The molecule has 1 aliphatic heterocycles. The van der Waals surface area contributed by atoms with Crippen molar-refractivity contribution in [1.29, 1.82) is 0 Å². The molecule has 0 radical (unpaired) electrons. The molecule has 1 fully saturated rings. The first-order valence-electron chi connectivity index (χ1n) is 7.93. The second kappa shape index (κ2) is 6.75. The van der Waals surface area contributed by atoms with E-state index in [1.165, 1.54) is 11.3 Å². The van der Waals surface area contributed by atoms with Gasteiger partial charge in [-0.05, 0) is 49.7 Å². The first-order chi connectivity index (χ1) is 11.0. The highest BCUT2D eigenvalue weighted by Gasteiger charge is 2.27. The van der Waals surface area contributed by atoms with E-state index in [9.17, 15) is 4.79 Å². The summed E-state index contributed by atoms with van der Waals surface area (Å²) in [6, 6.07) is 16.5. The van der Waals surface area contributed by atoms with Crippen molar-refractivity contribution in [2.24, 2.45) is 0 Å². The van der Waals surface area contributed by atoms with E-state index in [4.69, 9.17) is 0 Å². The van der Waals surface area contributed by atoms with Gasteiger partial charge in [0.25, 0.3) is 5.91 Å². The van der Waals surface area contributed by atoms with E-state index in [-0.39, 0.29) is 5.91 Å². The van der Waals surface area contributed by atoms with Crippen molar-refractivity contribution in [2.75, 3.05) is 24.5 Å². The Morgan fingerprint density at radius 3 is 2.61 bits per heavy atom. The van der Waals surface area contributed by atoms with Crippen molar-refractivity contribution in [1.82, 2.24) is 4.90 Å². The van der Waals surface area contributed by atoms with Gasteiger partial charge >= 0.3 is 0 Å². The van der Waals surface area contributed by atoms with Crippen LogP contribution in [0.15, 0.2) is 53.0 Å². The maximum absolute atomic E-state index is 12.7. The van der Waals surface area contributed by atoms with Crippen LogP contribution in [0.2, 0.25) is 0 Å². The topological polar surface area (TPSA) is 23.6 Å². The van der Waals surface area contributed by atoms with Crippen LogP contribution in [-0.2, 0) is 0 Å². The van der Waals surface area contributed by atoms with Gasteiger partial charge in [-0.3, -0.25) is 4.79 Å². The summed E-state index contributed by atoms with van der Waals surface area (Å²) in [6.45, 7) is 6.66. The monoisotopic (exact) mass is 372 g/mol. The van der Waals surface area contributed by atoms with Gasteiger partial charge in [-0.15, -0.1) is 0 Å². The van der Waals surface area contributed by atoms with Crippen LogP contribution in [0.5, 0.6) is 0 Å². The molecule has 120 valence electrons. The number of rotatable bonds is 2. The third-order valence-corrected chi connectivity index (χ3v) is 4.81. The van der Waals surface area contributed by atoms with E-state index in [0.717, 1.165) is 29.7 Å². The van der Waals surface area contributed by atoms with Crippen molar-refractivity contribution in [3.05, 3.63) is 64.1 Å². The minimum Gasteiger partial charge on any atom is -0.365 e.